The third-order valence-electron chi connectivity index (χ3n) is 3.14. The summed E-state index contributed by atoms with van der Waals surface area (Å²) in [5.41, 5.74) is 3.16. The lowest BCUT2D eigenvalue weighted by Gasteiger charge is -2.27. The van der Waals surface area contributed by atoms with Gasteiger partial charge in [-0.2, -0.15) is 0 Å². The number of nitrogens with zero attached hydrogens (tertiary/aromatic N) is 1. The number of phenolic OH excluding ortho intramolecular Hbond substituents is 2. The molecule has 2 aromatic carbocycles. The molecule has 96 valence electrons. The Bertz CT molecular complexity index is 650. The normalized spacial score (nSPS) is 13.9. The fourth-order valence-corrected chi connectivity index (χ4v) is 2.79. The van der Waals surface area contributed by atoms with E-state index in [9.17, 15) is 10.2 Å². The van der Waals surface area contributed by atoms with E-state index in [1.807, 2.05) is 24.4 Å². The maximum Gasteiger partial charge on any atom is 0.116 e. The van der Waals surface area contributed by atoms with Crippen molar-refractivity contribution in [3.05, 3.63) is 59.8 Å². The van der Waals surface area contributed by atoms with Crippen molar-refractivity contribution in [1.29, 1.82) is 0 Å². The van der Waals surface area contributed by atoms with Gasteiger partial charge in [0.1, 0.15) is 11.5 Å². The summed E-state index contributed by atoms with van der Waals surface area (Å²) >= 11 is 3.53. The van der Waals surface area contributed by atoms with Crippen molar-refractivity contribution in [3.8, 4) is 11.5 Å². The van der Waals surface area contributed by atoms with Gasteiger partial charge in [-0.3, -0.25) is 0 Å². The van der Waals surface area contributed by atoms with E-state index in [-0.39, 0.29) is 11.5 Å². The summed E-state index contributed by atoms with van der Waals surface area (Å²) in [7, 11) is 0. The Morgan fingerprint density at radius 2 is 1.63 bits per heavy atom. The topological polar surface area (TPSA) is 43.7 Å². The molecule has 3 nitrogen and oxygen atoms in total. The van der Waals surface area contributed by atoms with Crippen LogP contribution in [0.25, 0.3) is 4.48 Å². The van der Waals surface area contributed by atoms with Gasteiger partial charge in [0, 0.05) is 22.9 Å². The summed E-state index contributed by atoms with van der Waals surface area (Å²) in [6.07, 6.45) is 1.98. The molecule has 0 saturated heterocycles. The van der Waals surface area contributed by atoms with Gasteiger partial charge in [-0.15, -0.1) is 0 Å². The van der Waals surface area contributed by atoms with E-state index in [1.54, 1.807) is 24.3 Å². The Kier molecular flexibility index (Phi) is 2.95. The molecule has 0 fully saturated rings. The average Bonchev–Trinajstić information content (AvgIpc) is 2.40. The number of hydrogen-bond donors (Lipinski definition) is 2. The molecule has 4 heteroatoms. The Morgan fingerprint density at radius 1 is 0.947 bits per heavy atom. The highest BCUT2D eigenvalue weighted by molar-refractivity contribution is 9.15. The number of rotatable bonds is 1. The van der Waals surface area contributed by atoms with E-state index < -0.39 is 0 Å². The summed E-state index contributed by atoms with van der Waals surface area (Å²) in [4.78, 5) is 2.09. The molecule has 19 heavy (non-hydrogen) atoms. The first kappa shape index (κ1) is 12.1. The first-order valence-corrected chi connectivity index (χ1v) is 6.68. The zero-order valence-corrected chi connectivity index (χ0v) is 11.6. The first-order chi connectivity index (χ1) is 9.13. The van der Waals surface area contributed by atoms with Crippen molar-refractivity contribution in [2.45, 2.75) is 6.54 Å². The van der Waals surface area contributed by atoms with Crippen LogP contribution in [0, 0.1) is 0 Å². The Hall–Kier alpha value is -1.94. The van der Waals surface area contributed by atoms with E-state index in [1.165, 1.54) is 0 Å². The van der Waals surface area contributed by atoms with Gasteiger partial charge in [0.05, 0.1) is 0 Å². The molecule has 3 rings (SSSR count). The largest absolute Gasteiger partial charge is 0.508 e. The van der Waals surface area contributed by atoms with Crippen molar-refractivity contribution in [1.82, 2.24) is 0 Å². The number of fused-ring (bicyclic) bond motifs is 1. The van der Waals surface area contributed by atoms with Gasteiger partial charge in [-0.1, -0.05) is 6.07 Å². The molecule has 0 unspecified atom stereocenters. The first-order valence-electron chi connectivity index (χ1n) is 5.89. The van der Waals surface area contributed by atoms with Crippen molar-refractivity contribution >= 4 is 26.1 Å². The monoisotopic (exact) mass is 317 g/mol. The second-order valence-corrected chi connectivity index (χ2v) is 5.32. The van der Waals surface area contributed by atoms with Gasteiger partial charge in [0.2, 0.25) is 0 Å². The number of benzene rings is 2. The van der Waals surface area contributed by atoms with Gasteiger partial charge in [0.15, 0.2) is 0 Å². The van der Waals surface area contributed by atoms with Crippen LogP contribution in [0.5, 0.6) is 11.5 Å². The van der Waals surface area contributed by atoms with Crippen molar-refractivity contribution in [2.75, 3.05) is 4.90 Å². The molecule has 1 aliphatic heterocycles. The van der Waals surface area contributed by atoms with Crippen molar-refractivity contribution < 1.29 is 10.2 Å². The molecular formula is C15H12BrNO2. The minimum absolute atomic E-state index is 0.258. The predicted octanol–water partition coefficient (Wildman–Crippen LogP) is 3.81. The fourth-order valence-electron chi connectivity index (χ4n) is 2.17. The van der Waals surface area contributed by atoms with Crippen LogP contribution in [0.15, 0.2) is 48.7 Å². The van der Waals surface area contributed by atoms with E-state index in [2.05, 4.69) is 20.8 Å². The van der Waals surface area contributed by atoms with Gasteiger partial charge in [-0.05, 0) is 63.5 Å². The molecule has 2 N–H and O–H groups in total. The number of hydrogen-bond acceptors (Lipinski definition) is 3. The molecule has 2 aromatic rings. The second-order valence-electron chi connectivity index (χ2n) is 4.46. The summed E-state index contributed by atoms with van der Waals surface area (Å²) < 4.78 is 0.928. The lowest BCUT2D eigenvalue weighted by molar-refractivity contribution is 0.474. The van der Waals surface area contributed by atoms with Gasteiger partial charge < -0.3 is 15.1 Å². The highest BCUT2D eigenvalue weighted by Gasteiger charge is 2.17. The predicted molar refractivity (Wildman–Crippen MR) is 79.3 cm³/mol. The summed E-state index contributed by atoms with van der Waals surface area (Å²) in [5.74, 6) is 0.524. The number of halogens is 1. The highest BCUT2D eigenvalue weighted by Crippen LogP contribution is 2.35. The van der Waals surface area contributed by atoms with E-state index in [0.717, 1.165) is 27.8 Å². The molecule has 1 heterocycles. The highest BCUT2D eigenvalue weighted by atomic mass is 79.9. The molecule has 0 spiro atoms. The van der Waals surface area contributed by atoms with Crippen LogP contribution in [0.4, 0.5) is 5.69 Å². The van der Waals surface area contributed by atoms with Crippen LogP contribution in [0.1, 0.15) is 11.1 Å². The zero-order valence-electron chi connectivity index (χ0n) is 10.0. The molecule has 0 bridgehead atoms. The molecule has 0 amide bonds. The molecule has 0 atom stereocenters. The fraction of sp³-hybridized carbons (Fsp3) is 0.0667. The van der Waals surface area contributed by atoms with Crippen LogP contribution in [-0.4, -0.2) is 10.2 Å². The molecule has 0 radical (unpaired) electrons. The quantitative estimate of drug-likeness (QED) is 0.840. The van der Waals surface area contributed by atoms with Crippen molar-refractivity contribution in [3.63, 3.8) is 0 Å². The minimum atomic E-state index is 0.258. The van der Waals surface area contributed by atoms with Gasteiger partial charge >= 0.3 is 0 Å². The maximum absolute atomic E-state index is 9.53. The van der Waals surface area contributed by atoms with Crippen LogP contribution in [0.2, 0.25) is 0 Å². The lowest BCUT2D eigenvalue weighted by atomic mass is 10.0. The van der Waals surface area contributed by atoms with Gasteiger partial charge in [0.25, 0.3) is 0 Å². The standard InChI is InChI=1S/C15H12BrNO2/c16-15-9-17(11-2-5-12(18)6-3-11)8-10-1-4-13(19)7-14(10)15/h1-7,9,18-19H,8H2. The second kappa shape index (κ2) is 4.63. The summed E-state index contributed by atoms with van der Waals surface area (Å²) in [6, 6.07) is 12.5. The van der Waals surface area contributed by atoms with Crippen molar-refractivity contribution in [2.24, 2.45) is 0 Å². The van der Waals surface area contributed by atoms with E-state index in [0.29, 0.717) is 0 Å². The molecule has 0 aromatic heterocycles. The molecular weight excluding hydrogens is 306 g/mol. The van der Waals surface area contributed by atoms with Crippen LogP contribution in [0.3, 0.4) is 0 Å². The smallest absolute Gasteiger partial charge is 0.116 e. The minimum Gasteiger partial charge on any atom is -0.508 e. The maximum atomic E-state index is 9.53. The molecule has 0 saturated carbocycles. The van der Waals surface area contributed by atoms with Crippen LogP contribution < -0.4 is 4.90 Å². The number of aromatic hydroxyl groups is 2. The van der Waals surface area contributed by atoms with E-state index >= 15 is 0 Å². The lowest BCUT2D eigenvalue weighted by Crippen LogP contribution is -2.19. The van der Waals surface area contributed by atoms with Crippen LogP contribution >= 0.6 is 15.9 Å². The molecule has 1 aliphatic rings. The van der Waals surface area contributed by atoms with Crippen LogP contribution in [-0.2, 0) is 6.54 Å². The Balaban J connectivity index is 1.99. The van der Waals surface area contributed by atoms with Gasteiger partial charge in [-0.25, -0.2) is 0 Å². The third kappa shape index (κ3) is 2.31. The number of anilines is 1. The van der Waals surface area contributed by atoms with E-state index in [4.69, 9.17) is 0 Å². The number of phenols is 2. The zero-order chi connectivity index (χ0) is 13.4. The third-order valence-corrected chi connectivity index (χ3v) is 3.77. The Morgan fingerprint density at radius 3 is 2.37 bits per heavy atom. The average molecular weight is 318 g/mol. The molecule has 0 aliphatic carbocycles. The summed E-state index contributed by atoms with van der Waals surface area (Å²) in [5, 5.41) is 18.9. The summed E-state index contributed by atoms with van der Waals surface area (Å²) in [6.45, 7) is 0.732. The SMILES string of the molecule is Oc1ccc(N2C=C(Br)c3cc(O)ccc3C2)cc1. The Labute approximate surface area is 119 Å².